The van der Waals surface area contributed by atoms with E-state index in [4.69, 9.17) is 4.74 Å². The van der Waals surface area contributed by atoms with E-state index < -0.39 is 0 Å². The van der Waals surface area contributed by atoms with Gasteiger partial charge in [-0.2, -0.15) is 11.3 Å². The molecule has 1 aromatic carbocycles. The number of para-hydroxylation sites is 1. The Morgan fingerprint density at radius 1 is 1.33 bits per heavy atom. The second kappa shape index (κ2) is 7.10. The number of fused-ring (bicyclic) bond motifs is 1. The molecule has 2 aromatic rings. The zero-order valence-electron chi connectivity index (χ0n) is 12.5. The van der Waals surface area contributed by atoms with Gasteiger partial charge in [0.25, 0.3) is 0 Å². The fraction of sp³-hybridized carbons (Fsp3) is 0.444. The summed E-state index contributed by atoms with van der Waals surface area (Å²) >= 11 is 1.78. The molecule has 112 valence electrons. The van der Waals surface area contributed by atoms with Crippen LogP contribution in [0.5, 0.6) is 5.75 Å². The number of ether oxygens (including phenoxy) is 1. The number of hydrogen-bond acceptors (Lipinski definition) is 3. The van der Waals surface area contributed by atoms with E-state index in [0.717, 1.165) is 38.0 Å². The van der Waals surface area contributed by atoms with E-state index in [1.807, 2.05) is 0 Å². The van der Waals surface area contributed by atoms with Gasteiger partial charge in [0.15, 0.2) is 0 Å². The maximum Gasteiger partial charge on any atom is 0.123 e. The number of rotatable bonds is 7. The van der Waals surface area contributed by atoms with Gasteiger partial charge in [-0.15, -0.1) is 0 Å². The van der Waals surface area contributed by atoms with Crippen molar-refractivity contribution in [2.24, 2.45) is 0 Å². The Labute approximate surface area is 131 Å². The Kier molecular flexibility index (Phi) is 4.94. The van der Waals surface area contributed by atoms with Crippen molar-refractivity contribution in [3.05, 3.63) is 52.2 Å². The summed E-state index contributed by atoms with van der Waals surface area (Å²) in [5.74, 6) is 1.07. The second-order valence-corrected chi connectivity index (χ2v) is 6.48. The first-order valence-corrected chi connectivity index (χ1v) is 8.80. The molecule has 0 radical (unpaired) electrons. The van der Waals surface area contributed by atoms with Crippen LogP contribution in [0.1, 0.15) is 30.9 Å². The summed E-state index contributed by atoms with van der Waals surface area (Å²) in [7, 11) is 0. The van der Waals surface area contributed by atoms with E-state index >= 15 is 0 Å². The zero-order valence-corrected chi connectivity index (χ0v) is 13.4. The minimum Gasteiger partial charge on any atom is -0.488 e. The van der Waals surface area contributed by atoms with Crippen molar-refractivity contribution in [2.75, 3.05) is 6.54 Å². The first-order valence-electron chi connectivity index (χ1n) is 7.86. The van der Waals surface area contributed by atoms with Gasteiger partial charge < -0.3 is 10.1 Å². The fourth-order valence-electron chi connectivity index (χ4n) is 2.94. The number of nitrogens with one attached hydrogen (secondary N) is 1. The maximum atomic E-state index is 6.18. The Balaban J connectivity index is 1.62. The molecule has 3 rings (SSSR count). The first-order chi connectivity index (χ1) is 10.4. The molecule has 3 heteroatoms. The largest absolute Gasteiger partial charge is 0.488 e. The van der Waals surface area contributed by atoms with Gasteiger partial charge in [-0.05, 0) is 59.8 Å². The second-order valence-electron chi connectivity index (χ2n) is 5.70. The lowest BCUT2D eigenvalue weighted by Gasteiger charge is -2.24. The van der Waals surface area contributed by atoms with E-state index in [-0.39, 0.29) is 6.10 Å². The molecule has 0 saturated heterocycles. The van der Waals surface area contributed by atoms with Crippen LogP contribution in [0, 0.1) is 0 Å². The Morgan fingerprint density at radius 3 is 3.00 bits per heavy atom. The van der Waals surface area contributed by atoms with Gasteiger partial charge in [-0.3, -0.25) is 0 Å². The van der Waals surface area contributed by atoms with Crippen LogP contribution in [0.25, 0.3) is 0 Å². The van der Waals surface area contributed by atoms with Gasteiger partial charge in [0.1, 0.15) is 11.9 Å². The molecule has 2 unspecified atom stereocenters. The van der Waals surface area contributed by atoms with Crippen molar-refractivity contribution in [1.82, 2.24) is 5.32 Å². The third-order valence-electron chi connectivity index (χ3n) is 4.10. The van der Waals surface area contributed by atoms with Crippen molar-refractivity contribution in [3.63, 3.8) is 0 Å². The summed E-state index contributed by atoms with van der Waals surface area (Å²) < 4.78 is 6.18. The number of aryl methyl sites for hydroxylation is 1. The molecule has 21 heavy (non-hydrogen) atoms. The Morgan fingerprint density at radius 2 is 2.24 bits per heavy atom. The summed E-state index contributed by atoms with van der Waals surface area (Å²) in [6.45, 7) is 3.28. The van der Waals surface area contributed by atoms with E-state index in [9.17, 15) is 0 Å². The molecule has 1 N–H and O–H groups in total. The lowest BCUT2D eigenvalue weighted by atomic mass is 9.99. The quantitative estimate of drug-likeness (QED) is 0.833. The lowest BCUT2D eigenvalue weighted by molar-refractivity contribution is 0.172. The molecule has 1 aromatic heterocycles. The van der Waals surface area contributed by atoms with Gasteiger partial charge in [0.2, 0.25) is 0 Å². The molecule has 0 fully saturated rings. The number of hydrogen-bond donors (Lipinski definition) is 1. The summed E-state index contributed by atoms with van der Waals surface area (Å²) in [4.78, 5) is 0. The average Bonchev–Trinajstić information content (AvgIpc) is 3.16. The fourth-order valence-corrected chi connectivity index (χ4v) is 3.64. The Hall–Kier alpha value is -1.32. The molecule has 0 spiro atoms. The molecule has 0 saturated carbocycles. The molecule has 2 heterocycles. The van der Waals surface area contributed by atoms with Crippen LogP contribution in [-0.2, 0) is 12.8 Å². The SMILES string of the molecule is CCCNC(CCc1ccsc1)C1Cc2ccccc2O1. The predicted octanol–water partition coefficient (Wildman–Crippen LogP) is 4.05. The van der Waals surface area contributed by atoms with E-state index in [2.05, 4.69) is 53.3 Å². The highest BCUT2D eigenvalue weighted by Gasteiger charge is 2.29. The summed E-state index contributed by atoms with van der Waals surface area (Å²) in [6.07, 6.45) is 4.72. The topological polar surface area (TPSA) is 21.3 Å². The first kappa shape index (κ1) is 14.6. The molecule has 2 nitrogen and oxygen atoms in total. The molecule has 0 aliphatic carbocycles. The summed E-state index contributed by atoms with van der Waals surface area (Å²) in [6, 6.07) is 11.1. The van der Waals surface area contributed by atoms with Crippen molar-refractivity contribution in [2.45, 2.75) is 44.8 Å². The van der Waals surface area contributed by atoms with Gasteiger partial charge in [0.05, 0.1) is 0 Å². The molecule has 2 atom stereocenters. The normalized spacial score (nSPS) is 18.2. The van der Waals surface area contributed by atoms with E-state index in [0.29, 0.717) is 6.04 Å². The lowest BCUT2D eigenvalue weighted by Crippen LogP contribution is -2.43. The highest BCUT2D eigenvalue weighted by Crippen LogP contribution is 2.30. The van der Waals surface area contributed by atoms with Gasteiger partial charge in [-0.25, -0.2) is 0 Å². The van der Waals surface area contributed by atoms with Crippen LogP contribution in [0.15, 0.2) is 41.1 Å². The van der Waals surface area contributed by atoms with E-state index in [1.165, 1.54) is 11.1 Å². The minimum atomic E-state index is 0.271. The van der Waals surface area contributed by atoms with Crippen LogP contribution in [0.3, 0.4) is 0 Å². The smallest absolute Gasteiger partial charge is 0.123 e. The predicted molar refractivity (Wildman–Crippen MR) is 89.3 cm³/mol. The monoisotopic (exact) mass is 301 g/mol. The van der Waals surface area contributed by atoms with Crippen LogP contribution < -0.4 is 10.1 Å². The van der Waals surface area contributed by atoms with Crippen molar-refractivity contribution < 1.29 is 4.74 Å². The zero-order chi connectivity index (χ0) is 14.5. The Bertz CT molecular complexity index is 527. The van der Waals surface area contributed by atoms with Gasteiger partial charge in [0, 0.05) is 12.5 Å². The van der Waals surface area contributed by atoms with Crippen LogP contribution in [0.4, 0.5) is 0 Å². The van der Waals surface area contributed by atoms with E-state index in [1.54, 1.807) is 11.3 Å². The summed E-state index contributed by atoms with van der Waals surface area (Å²) in [5, 5.41) is 8.10. The van der Waals surface area contributed by atoms with Crippen LogP contribution in [0.2, 0.25) is 0 Å². The van der Waals surface area contributed by atoms with Crippen molar-refractivity contribution >= 4 is 11.3 Å². The average molecular weight is 301 g/mol. The highest BCUT2D eigenvalue weighted by molar-refractivity contribution is 7.07. The molecular weight excluding hydrogens is 278 g/mol. The van der Waals surface area contributed by atoms with Crippen molar-refractivity contribution in [3.8, 4) is 5.75 Å². The minimum absolute atomic E-state index is 0.271. The summed E-state index contributed by atoms with van der Waals surface area (Å²) in [5.41, 5.74) is 2.79. The molecule has 1 aliphatic heterocycles. The number of benzene rings is 1. The third-order valence-corrected chi connectivity index (χ3v) is 4.83. The maximum absolute atomic E-state index is 6.18. The van der Waals surface area contributed by atoms with Gasteiger partial charge in [-0.1, -0.05) is 25.1 Å². The molecule has 0 amide bonds. The van der Waals surface area contributed by atoms with Crippen LogP contribution in [-0.4, -0.2) is 18.7 Å². The third kappa shape index (κ3) is 3.66. The highest BCUT2D eigenvalue weighted by atomic mass is 32.1. The molecule has 1 aliphatic rings. The van der Waals surface area contributed by atoms with Gasteiger partial charge >= 0.3 is 0 Å². The molecule has 0 bridgehead atoms. The van der Waals surface area contributed by atoms with Crippen molar-refractivity contribution in [1.29, 1.82) is 0 Å². The number of thiophene rings is 1. The standard InChI is InChI=1S/C18H23NOS/c1-2-10-19-16(8-7-14-9-11-21-13-14)18-12-15-5-3-4-6-17(15)20-18/h3-6,9,11,13,16,18-19H,2,7-8,10,12H2,1H3. The molecular formula is C18H23NOS. The van der Waals surface area contributed by atoms with Crippen LogP contribution >= 0.6 is 11.3 Å².